The highest BCUT2D eigenvalue weighted by Crippen LogP contribution is 2.29. The van der Waals surface area contributed by atoms with Crippen molar-refractivity contribution in [2.75, 3.05) is 0 Å². The number of carbonyl (C=O) groups excluding carboxylic acids is 1. The highest BCUT2D eigenvalue weighted by molar-refractivity contribution is 9.10. The zero-order valence-corrected chi connectivity index (χ0v) is 14.3. The summed E-state index contributed by atoms with van der Waals surface area (Å²) in [5.41, 5.74) is 2.05. The normalized spacial score (nSPS) is 10.5. The minimum Gasteiger partial charge on any atom is -0.289 e. The quantitative estimate of drug-likeness (QED) is 0.445. The molecule has 0 atom stereocenters. The third-order valence-electron chi connectivity index (χ3n) is 2.63. The van der Waals surface area contributed by atoms with Gasteiger partial charge in [-0.25, -0.2) is 0 Å². The van der Waals surface area contributed by atoms with E-state index in [1.54, 1.807) is 24.3 Å². The van der Waals surface area contributed by atoms with Gasteiger partial charge in [0.15, 0.2) is 5.78 Å². The summed E-state index contributed by atoms with van der Waals surface area (Å²) >= 11 is 18.8. The molecule has 0 bridgehead atoms. The fraction of sp³-hybridized carbons (Fsp3) is 0.0714. The van der Waals surface area contributed by atoms with Crippen molar-refractivity contribution >= 4 is 60.8 Å². The molecular weight excluding hydrogens is 415 g/mol. The van der Waals surface area contributed by atoms with E-state index in [-0.39, 0.29) is 10.8 Å². The molecule has 0 unspecified atom stereocenters. The van der Waals surface area contributed by atoms with E-state index in [0.717, 1.165) is 15.4 Å². The summed E-state index contributed by atoms with van der Waals surface area (Å²) in [7, 11) is 0. The predicted octanol–water partition coefficient (Wildman–Crippen LogP) is 5.88. The van der Waals surface area contributed by atoms with Gasteiger partial charge in [0.1, 0.15) is 0 Å². The molecule has 0 amide bonds. The van der Waals surface area contributed by atoms with Gasteiger partial charge < -0.3 is 0 Å². The topological polar surface area (TPSA) is 17.1 Å². The number of halogens is 4. The van der Waals surface area contributed by atoms with Crippen molar-refractivity contribution in [3.63, 3.8) is 0 Å². The Balaban J connectivity index is 2.47. The van der Waals surface area contributed by atoms with E-state index in [9.17, 15) is 4.79 Å². The molecule has 0 heterocycles. The smallest absolute Gasteiger partial charge is 0.195 e. The van der Waals surface area contributed by atoms with Crippen LogP contribution in [-0.2, 0) is 5.33 Å². The van der Waals surface area contributed by atoms with E-state index in [0.29, 0.717) is 16.1 Å². The second-order valence-corrected chi connectivity index (χ2v) is 6.08. The number of rotatable bonds is 3. The van der Waals surface area contributed by atoms with Crippen LogP contribution in [0.1, 0.15) is 21.5 Å². The van der Waals surface area contributed by atoms with Gasteiger partial charge in [-0.3, -0.25) is 4.79 Å². The molecule has 0 saturated carbocycles. The van der Waals surface area contributed by atoms with Crippen LogP contribution in [0, 0.1) is 0 Å². The van der Waals surface area contributed by atoms with Crippen molar-refractivity contribution in [2.45, 2.75) is 5.33 Å². The zero-order chi connectivity index (χ0) is 14.0. The first-order valence-electron chi connectivity index (χ1n) is 5.37. The highest BCUT2D eigenvalue weighted by Gasteiger charge is 2.17. The molecule has 0 saturated heterocycles. The van der Waals surface area contributed by atoms with Gasteiger partial charge in [-0.05, 0) is 29.8 Å². The predicted molar refractivity (Wildman–Crippen MR) is 86.7 cm³/mol. The van der Waals surface area contributed by atoms with Gasteiger partial charge in [0.05, 0.1) is 10.0 Å². The zero-order valence-electron chi connectivity index (χ0n) is 9.59. The van der Waals surface area contributed by atoms with Crippen molar-refractivity contribution in [1.82, 2.24) is 0 Å². The van der Waals surface area contributed by atoms with E-state index >= 15 is 0 Å². The summed E-state index contributed by atoms with van der Waals surface area (Å²) in [5.74, 6) is -0.152. The third kappa shape index (κ3) is 3.22. The summed E-state index contributed by atoms with van der Waals surface area (Å²) in [6.45, 7) is 0. The van der Waals surface area contributed by atoms with Crippen molar-refractivity contribution in [1.29, 1.82) is 0 Å². The molecule has 2 aromatic carbocycles. The molecule has 0 fully saturated rings. The lowest BCUT2D eigenvalue weighted by atomic mass is 10.0. The summed E-state index contributed by atoms with van der Waals surface area (Å²) < 4.78 is 0.741. The molecule has 98 valence electrons. The summed E-state index contributed by atoms with van der Waals surface area (Å²) in [5, 5.41) is 1.39. The number of hydrogen-bond donors (Lipinski definition) is 0. The Morgan fingerprint density at radius 3 is 2.47 bits per heavy atom. The largest absolute Gasteiger partial charge is 0.289 e. The molecule has 1 nitrogen and oxygen atoms in total. The van der Waals surface area contributed by atoms with Gasteiger partial charge in [-0.2, -0.15) is 0 Å². The van der Waals surface area contributed by atoms with Crippen molar-refractivity contribution in [3.8, 4) is 0 Å². The molecule has 0 spiro atoms. The van der Waals surface area contributed by atoms with Crippen LogP contribution < -0.4 is 0 Å². The van der Waals surface area contributed by atoms with Crippen LogP contribution in [-0.4, -0.2) is 5.78 Å². The van der Waals surface area contributed by atoms with E-state index in [1.165, 1.54) is 0 Å². The maximum absolute atomic E-state index is 12.5. The van der Waals surface area contributed by atoms with Crippen molar-refractivity contribution < 1.29 is 4.79 Å². The van der Waals surface area contributed by atoms with Gasteiger partial charge in [-0.15, -0.1) is 0 Å². The molecule has 19 heavy (non-hydrogen) atoms. The Hall–Kier alpha value is -0.350. The Bertz CT molecular complexity index is 641. The maximum Gasteiger partial charge on any atom is 0.195 e. The van der Waals surface area contributed by atoms with Crippen molar-refractivity contribution in [2.24, 2.45) is 0 Å². The number of carbonyl (C=O) groups is 1. The first-order chi connectivity index (χ1) is 9.04. The first-order valence-corrected chi connectivity index (χ1v) is 8.04. The molecular formula is C14H8Br2Cl2O. The highest BCUT2D eigenvalue weighted by atomic mass is 79.9. The maximum atomic E-state index is 12.5. The number of ketones is 1. The molecule has 0 aliphatic carbocycles. The summed E-state index contributed by atoms with van der Waals surface area (Å²) in [6.07, 6.45) is 0. The van der Waals surface area contributed by atoms with Crippen LogP contribution in [0.5, 0.6) is 0 Å². The molecule has 0 aliphatic heterocycles. The van der Waals surface area contributed by atoms with E-state index in [1.807, 2.05) is 12.1 Å². The molecule has 0 radical (unpaired) electrons. The Labute approximate surface area is 138 Å². The van der Waals surface area contributed by atoms with Crippen LogP contribution in [0.2, 0.25) is 10.0 Å². The van der Waals surface area contributed by atoms with Crippen LogP contribution >= 0.6 is 55.1 Å². The van der Waals surface area contributed by atoms with Gasteiger partial charge >= 0.3 is 0 Å². The average molecular weight is 423 g/mol. The third-order valence-corrected chi connectivity index (χ3v) is 4.75. The lowest BCUT2D eigenvalue weighted by Crippen LogP contribution is -2.03. The number of alkyl halides is 1. The van der Waals surface area contributed by atoms with Crippen LogP contribution in [0.4, 0.5) is 0 Å². The summed E-state index contributed by atoms with van der Waals surface area (Å²) in [6, 6.07) is 10.6. The monoisotopic (exact) mass is 420 g/mol. The minimum atomic E-state index is -0.152. The van der Waals surface area contributed by atoms with Crippen LogP contribution in [0.25, 0.3) is 0 Å². The molecule has 5 heteroatoms. The van der Waals surface area contributed by atoms with Crippen LogP contribution in [0.3, 0.4) is 0 Å². The van der Waals surface area contributed by atoms with Crippen LogP contribution in [0.15, 0.2) is 40.9 Å². The second kappa shape index (κ2) is 6.40. The van der Waals surface area contributed by atoms with E-state index in [4.69, 9.17) is 23.2 Å². The van der Waals surface area contributed by atoms with Gasteiger partial charge in [0.25, 0.3) is 0 Å². The lowest BCUT2D eigenvalue weighted by Gasteiger charge is -2.08. The Kier molecular flexibility index (Phi) is 5.07. The second-order valence-electron chi connectivity index (χ2n) is 3.88. The fourth-order valence-electron chi connectivity index (χ4n) is 1.65. The van der Waals surface area contributed by atoms with E-state index < -0.39 is 0 Å². The average Bonchev–Trinajstić information content (AvgIpc) is 2.41. The molecule has 2 aromatic rings. The van der Waals surface area contributed by atoms with E-state index in [2.05, 4.69) is 31.9 Å². The summed E-state index contributed by atoms with van der Waals surface area (Å²) in [4.78, 5) is 12.5. The van der Waals surface area contributed by atoms with Gasteiger partial charge in [0.2, 0.25) is 0 Å². The fourth-order valence-corrected chi connectivity index (χ4v) is 2.99. The van der Waals surface area contributed by atoms with Gasteiger partial charge in [-0.1, -0.05) is 67.2 Å². The molecule has 2 rings (SSSR count). The Morgan fingerprint density at radius 2 is 1.84 bits per heavy atom. The molecule has 0 N–H and O–H groups in total. The standard InChI is InChI=1S/C14H8Br2Cl2O/c15-7-8-4-5-9(11(16)6-8)14(19)10-2-1-3-12(17)13(10)18/h1-6H,7H2. The number of benzene rings is 2. The lowest BCUT2D eigenvalue weighted by molar-refractivity contribution is 0.103. The van der Waals surface area contributed by atoms with Crippen molar-refractivity contribution in [3.05, 3.63) is 67.6 Å². The minimum absolute atomic E-state index is 0.152. The SMILES string of the molecule is O=C(c1ccc(CBr)cc1Br)c1cccc(Cl)c1Cl. The van der Waals surface area contributed by atoms with Gasteiger partial charge in [0, 0.05) is 20.9 Å². The molecule has 0 aromatic heterocycles. The number of hydrogen-bond acceptors (Lipinski definition) is 1. The first kappa shape index (κ1) is 15.0. The molecule has 0 aliphatic rings. The Morgan fingerprint density at radius 1 is 1.11 bits per heavy atom.